The lowest BCUT2D eigenvalue weighted by atomic mass is 9.94. The van der Waals surface area contributed by atoms with Crippen LogP contribution in [0.5, 0.6) is 0 Å². The van der Waals surface area contributed by atoms with Crippen LogP contribution in [0.25, 0.3) is 0 Å². The largest absolute Gasteiger partial charge is 0.463 e. The molecule has 0 fully saturated rings. The van der Waals surface area contributed by atoms with Crippen molar-refractivity contribution in [1.29, 1.82) is 0 Å². The fraction of sp³-hybridized carbons (Fsp3) is 0.375. The van der Waals surface area contributed by atoms with Gasteiger partial charge in [0.1, 0.15) is 6.61 Å². The number of thioether (sulfide) groups is 1. The first-order chi connectivity index (χ1) is 23.4. The summed E-state index contributed by atoms with van der Waals surface area (Å²) in [6, 6.07) is 28.6. The zero-order valence-corrected chi connectivity index (χ0v) is 28.6. The van der Waals surface area contributed by atoms with Gasteiger partial charge in [0.15, 0.2) is 0 Å². The fourth-order valence-electron chi connectivity index (χ4n) is 5.41. The van der Waals surface area contributed by atoms with Crippen molar-refractivity contribution in [3.8, 4) is 0 Å². The van der Waals surface area contributed by atoms with Crippen molar-refractivity contribution in [3.63, 3.8) is 0 Å². The number of carbonyl (C=O) groups is 3. The Morgan fingerprint density at radius 2 is 1.38 bits per heavy atom. The zero-order valence-electron chi connectivity index (χ0n) is 27.8. The van der Waals surface area contributed by atoms with Crippen LogP contribution in [0.15, 0.2) is 116 Å². The highest BCUT2D eigenvalue weighted by atomic mass is 32.2. The third kappa shape index (κ3) is 14.7. The molecule has 0 aliphatic rings. The summed E-state index contributed by atoms with van der Waals surface area (Å²) in [5.41, 5.74) is 3.22. The molecule has 3 aromatic carbocycles. The van der Waals surface area contributed by atoms with Gasteiger partial charge in [0.25, 0.3) is 0 Å². The number of aliphatic hydroxyl groups excluding tert-OH is 1. The molecule has 0 saturated heterocycles. The fourth-order valence-corrected chi connectivity index (χ4v) is 6.42. The van der Waals surface area contributed by atoms with Crippen LogP contribution < -0.4 is 10.6 Å². The SMILES string of the molecule is C=CCCC[C@H](Cc1ccccc1)C(=O)OC[C@H](CSCc1ccccc1)NC(=O)[C@H](CC=C)CC(=O)N[C@@H](CO)Cc1ccccc1. The number of hydrogen-bond donors (Lipinski definition) is 3. The van der Waals surface area contributed by atoms with Crippen LogP contribution in [0.1, 0.15) is 48.8 Å². The second-order valence-corrected chi connectivity index (χ2v) is 13.0. The lowest BCUT2D eigenvalue weighted by Crippen LogP contribution is -2.46. The molecule has 8 heteroatoms. The van der Waals surface area contributed by atoms with Gasteiger partial charge in [-0.1, -0.05) is 103 Å². The van der Waals surface area contributed by atoms with Crippen molar-refractivity contribution < 1.29 is 24.2 Å². The van der Waals surface area contributed by atoms with Gasteiger partial charge < -0.3 is 20.5 Å². The average molecular weight is 671 g/mol. The first-order valence-corrected chi connectivity index (χ1v) is 17.9. The van der Waals surface area contributed by atoms with E-state index in [4.69, 9.17) is 4.74 Å². The van der Waals surface area contributed by atoms with Crippen LogP contribution in [0.4, 0.5) is 0 Å². The number of aliphatic hydroxyl groups is 1. The van der Waals surface area contributed by atoms with Gasteiger partial charge in [-0.3, -0.25) is 14.4 Å². The minimum Gasteiger partial charge on any atom is -0.463 e. The molecule has 0 radical (unpaired) electrons. The normalized spacial score (nSPS) is 13.4. The standard InChI is InChI=1S/C40H50N2O5S/c1-3-5-9-23-35(24-31-17-10-6-11-18-31)40(46)47-28-37(30-48-29-33-21-14-8-15-22-33)42-39(45)34(16-4-2)26-38(44)41-36(27-43)25-32-19-12-7-13-20-32/h3-4,6-8,10-15,17-22,34-37,43H,1-2,5,9,16,23-30H2,(H,41,44)(H,42,45)/t34-,35-,36-,37-/m1/s1. The number of benzene rings is 3. The number of esters is 1. The summed E-state index contributed by atoms with van der Waals surface area (Å²) in [7, 11) is 0. The van der Waals surface area contributed by atoms with E-state index in [9.17, 15) is 19.5 Å². The third-order valence-corrected chi connectivity index (χ3v) is 9.16. The summed E-state index contributed by atoms with van der Waals surface area (Å²) in [5.74, 6) is -0.635. The van der Waals surface area contributed by atoms with Crippen molar-refractivity contribution in [3.05, 3.63) is 133 Å². The van der Waals surface area contributed by atoms with Crippen LogP contribution in [-0.4, -0.2) is 53.9 Å². The molecule has 0 bridgehead atoms. The van der Waals surface area contributed by atoms with Gasteiger partial charge in [0.05, 0.1) is 30.5 Å². The van der Waals surface area contributed by atoms with E-state index in [0.29, 0.717) is 31.4 Å². The maximum absolute atomic E-state index is 13.6. The molecule has 0 aliphatic carbocycles. The predicted molar refractivity (Wildman–Crippen MR) is 195 cm³/mol. The second kappa shape index (κ2) is 22.4. The zero-order chi connectivity index (χ0) is 34.4. The van der Waals surface area contributed by atoms with E-state index in [1.807, 2.05) is 97.1 Å². The van der Waals surface area contributed by atoms with Gasteiger partial charge >= 0.3 is 5.97 Å². The smallest absolute Gasteiger partial charge is 0.309 e. The summed E-state index contributed by atoms with van der Waals surface area (Å²) < 4.78 is 5.90. The molecule has 3 N–H and O–H groups in total. The second-order valence-electron chi connectivity index (χ2n) is 12.0. The van der Waals surface area contributed by atoms with Crippen molar-refractivity contribution in [2.45, 2.75) is 62.8 Å². The van der Waals surface area contributed by atoms with E-state index in [-0.39, 0.29) is 43.3 Å². The number of carbonyl (C=O) groups excluding carboxylic acids is 3. The summed E-state index contributed by atoms with van der Waals surface area (Å²) in [4.78, 5) is 40.1. The van der Waals surface area contributed by atoms with Crippen LogP contribution in [0, 0.1) is 11.8 Å². The molecule has 48 heavy (non-hydrogen) atoms. The van der Waals surface area contributed by atoms with E-state index in [2.05, 4.69) is 23.8 Å². The lowest BCUT2D eigenvalue weighted by molar-refractivity contribution is -0.150. The highest BCUT2D eigenvalue weighted by Gasteiger charge is 2.27. The molecule has 0 aliphatic heterocycles. The predicted octanol–water partition coefficient (Wildman–Crippen LogP) is 6.47. The summed E-state index contributed by atoms with van der Waals surface area (Å²) in [5, 5.41) is 15.8. The summed E-state index contributed by atoms with van der Waals surface area (Å²) >= 11 is 1.64. The third-order valence-electron chi connectivity index (χ3n) is 7.99. The Kier molecular flexibility index (Phi) is 17.9. The number of nitrogens with one attached hydrogen (secondary N) is 2. The van der Waals surface area contributed by atoms with Crippen molar-refractivity contribution in [1.82, 2.24) is 10.6 Å². The Labute approximate surface area is 290 Å². The molecular weight excluding hydrogens is 621 g/mol. The molecular formula is C40H50N2O5S. The van der Waals surface area contributed by atoms with Crippen molar-refractivity contribution >= 4 is 29.5 Å². The quantitative estimate of drug-likeness (QED) is 0.0608. The molecule has 0 heterocycles. The first-order valence-electron chi connectivity index (χ1n) is 16.7. The number of unbranched alkanes of at least 4 members (excludes halogenated alkanes) is 1. The van der Waals surface area contributed by atoms with Crippen molar-refractivity contribution in [2.24, 2.45) is 11.8 Å². The van der Waals surface area contributed by atoms with E-state index < -0.39 is 18.0 Å². The molecule has 7 nitrogen and oxygen atoms in total. The Balaban J connectivity index is 1.65. The lowest BCUT2D eigenvalue weighted by Gasteiger charge is -2.24. The molecule has 4 atom stereocenters. The average Bonchev–Trinajstić information content (AvgIpc) is 3.10. The van der Waals surface area contributed by atoms with E-state index >= 15 is 0 Å². The Morgan fingerprint density at radius 3 is 1.96 bits per heavy atom. The van der Waals surface area contributed by atoms with Gasteiger partial charge in [-0.05, 0) is 55.2 Å². The van der Waals surface area contributed by atoms with Crippen LogP contribution in [0.3, 0.4) is 0 Å². The number of amides is 2. The van der Waals surface area contributed by atoms with E-state index in [1.165, 1.54) is 0 Å². The maximum Gasteiger partial charge on any atom is 0.309 e. The van der Waals surface area contributed by atoms with Gasteiger partial charge in [-0.25, -0.2) is 0 Å². The highest BCUT2D eigenvalue weighted by molar-refractivity contribution is 7.98. The number of ether oxygens (including phenoxy) is 1. The monoisotopic (exact) mass is 670 g/mol. The minimum atomic E-state index is -0.666. The minimum absolute atomic E-state index is 0.0236. The summed E-state index contributed by atoms with van der Waals surface area (Å²) in [6.45, 7) is 7.41. The molecule has 0 unspecified atom stereocenters. The molecule has 0 spiro atoms. The number of allylic oxidation sites excluding steroid dienone is 2. The van der Waals surface area contributed by atoms with E-state index in [0.717, 1.165) is 35.3 Å². The van der Waals surface area contributed by atoms with Crippen LogP contribution in [0.2, 0.25) is 0 Å². The molecule has 0 aromatic heterocycles. The molecule has 3 aromatic rings. The number of rotatable bonds is 23. The molecule has 0 saturated carbocycles. The topological polar surface area (TPSA) is 105 Å². The van der Waals surface area contributed by atoms with Gasteiger partial charge in [-0.2, -0.15) is 11.8 Å². The molecule has 256 valence electrons. The summed E-state index contributed by atoms with van der Waals surface area (Å²) in [6.07, 6.45) is 7.10. The first kappa shape index (κ1) is 38.3. The van der Waals surface area contributed by atoms with Gasteiger partial charge in [-0.15, -0.1) is 13.2 Å². The van der Waals surface area contributed by atoms with Crippen LogP contribution in [-0.2, 0) is 37.7 Å². The van der Waals surface area contributed by atoms with Crippen molar-refractivity contribution in [2.75, 3.05) is 19.0 Å². The molecule has 3 rings (SSSR count). The van der Waals surface area contributed by atoms with Gasteiger partial charge in [0.2, 0.25) is 11.8 Å². The highest BCUT2D eigenvalue weighted by Crippen LogP contribution is 2.19. The number of hydrogen-bond acceptors (Lipinski definition) is 6. The van der Waals surface area contributed by atoms with E-state index in [1.54, 1.807) is 17.8 Å². The van der Waals surface area contributed by atoms with Gasteiger partial charge in [0, 0.05) is 17.9 Å². The maximum atomic E-state index is 13.6. The Morgan fingerprint density at radius 1 is 0.771 bits per heavy atom. The Hall–Kier alpha value is -4.14. The van der Waals surface area contributed by atoms with Crippen LogP contribution >= 0.6 is 11.8 Å². The molecule has 2 amide bonds. The Bertz CT molecular complexity index is 1390.